The Morgan fingerprint density at radius 2 is 1.82 bits per heavy atom. The Kier molecular flexibility index (Phi) is 12.6. The number of carbonyl (C=O) groups excluding carboxylic acids is 4. The number of benzene rings is 2. The van der Waals surface area contributed by atoms with Crippen LogP contribution in [0, 0.1) is 18.3 Å². The number of ether oxygens (including phenoxy) is 2. The topological polar surface area (TPSA) is 138 Å². The van der Waals surface area contributed by atoms with Gasteiger partial charge in [-0.05, 0) is 86.6 Å². The zero-order valence-corrected chi connectivity index (χ0v) is 29.5. The summed E-state index contributed by atoms with van der Waals surface area (Å²) in [6.45, 7) is 3.91. The van der Waals surface area contributed by atoms with E-state index in [4.69, 9.17) is 22.1 Å². The van der Waals surface area contributed by atoms with Gasteiger partial charge in [-0.15, -0.1) is 0 Å². The van der Waals surface area contributed by atoms with Crippen LogP contribution in [0.5, 0.6) is 5.75 Å². The second kappa shape index (κ2) is 16.9. The summed E-state index contributed by atoms with van der Waals surface area (Å²) in [5.41, 5.74) is 1.79. The van der Waals surface area contributed by atoms with E-state index in [0.29, 0.717) is 39.1 Å². The molecule has 0 radical (unpaired) electrons. The molecule has 4 bridgehead atoms. The maximum atomic E-state index is 14.3. The Morgan fingerprint density at radius 1 is 1.06 bits per heavy atom. The van der Waals surface area contributed by atoms with Crippen LogP contribution in [-0.4, -0.2) is 102 Å². The van der Waals surface area contributed by atoms with Crippen molar-refractivity contribution in [3.8, 4) is 5.75 Å². The number of likely N-dealkylation sites (N-methyl/N-ethyl adjacent to an activating group) is 1. The minimum Gasteiger partial charge on any atom is -0.494 e. The number of piperidine rings is 1. The predicted molar refractivity (Wildman–Crippen MR) is 188 cm³/mol. The molecule has 0 aliphatic carbocycles. The first-order valence-corrected chi connectivity index (χ1v) is 17.9. The minimum atomic E-state index is -1.39. The zero-order chi connectivity index (χ0) is 35.0. The first kappa shape index (κ1) is 36.7. The summed E-state index contributed by atoms with van der Waals surface area (Å²) in [6.07, 6.45) is 3.83. The molecule has 3 N–H and O–H groups in total. The van der Waals surface area contributed by atoms with Crippen LogP contribution in [0.25, 0.3) is 0 Å². The highest BCUT2D eigenvalue weighted by Crippen LogP contribution is 2.31. The van der Waals surface area contributed by atoms with Crippen LogP contribution in [0.1, 0.15) is 55.2 Å². The standard InChI is InChI=1S/C37H50N4O7S/c1-25-10-12-29-21-28(25)23-40(2)34(44)30(13-11-26-7-4-3-5-8-26)38-33(43)31(39-36(46)37(24-42)15-19-47-20-16-37)32(49)35(45)41-17-6-9-27(22-41)14-18-48-29/h3-5,7-8,10,12,21,27,30-32,42,49H,6,9,11,13-20,22-24H2,1-2H3,(H,38,43)(H,39,46)/t27?,30-,31-,32?/m0/s1. The quantitative estimate of drug-likeness (QED) is 0.342. The van der Waals surface area contributed by atoms with Crippen LogP contribution >= 0.6 is 12.6 Å². The van der Waals surface area contributed by atoms with Crippen LogP contribution in [0.2, 0.25) is 0 Å². The molecule has 2 fully saturated rings. The lowest BCUT2D eigenvalue weighted by Crippen LogP contribution is -2.62. The monoisotopic (exact) mass is 694 g/mol. The molecule has 3 aliphatic rings. The van der Waals surface area contributed by atoms with Crippen LogP contribution in [-0.2, 0) is 36.9 Å². The summed E-state index contributed by atoms with van der Waals surface area (Å²) >= 11 is 4.69. The number of hydrogen-bond donors (Lipinski definition) is 4. The molecule has 2 aromatic rings. The molecule has 11 nitrogen and oxygen atoms in total. The molecule has 0 saturated carbocycles. The van der Waals surface area contributed by atoms with Crippen molar-refractivity contribution in [2.45, 2.75) is 75.7 Å². The van der Waals surface area contributed by atoms with Crippen LogP contribution < -0.4 is 15.4 Å². The van der Waals surface area contributed by atoms with Gasteiger partial charge in [0.25, 0.3) is 0 Å². The summed E-state index contributed by atoms with van der Waals surface area (Å²) in [5.74, 6) is -0.968. The number of aryl methyl sites for hydroxylation is 2. The highest BCUT2D eigenvalue weighted by Gasteiger charge is 2.44. The summed E-state index contributed by atoms with van der Waals surface area (Å²) in [7, 11) is 1.70. The molecular weight excluding hydrogens is 644 g/mol. The molecular formula is C37H50N4O7S. The van der Waals surface area contributed by atoms with Gasteiger partial charge < -0.3 is 35.0 Å². The van der Waals surface area contributed by atoms with E-state index in [9.17, 15) is 24.3 Å². The molecule has 2 aromatic carbocycles. The van der Waals surface area contributed by atoms with Crippen molar-refractivity contribution < 1.29 is 33.8 Å². The maximum absolute atomic E-state index is 14.3. The minimum absolute atomic E-state index is 0.204. The number of rotatable bonds is 6. The van der Waals surface area contributed by atoms with Crippen molar-refractivity contribution in [3.05, 3.63) is 65.2 Å². The molecule has 3 aliphatic heterocycles. The van der Waals surface area contributed by atoms with Crippen LogP contribution in [0.4, 0.5) is 0 Å². The van der Waals surface area contributed by atoms with E-state index in [1.165, 1.54) is 0 Å². The number of nitrogens with one attached hydrogen (secondary N) is 2. The Balaban J connectivity index is 1.48. The van der Waals surface area contributed by atoms with Crippen molar-refractivity contribution in [2.24, 2.45) is 11.3 Å². The van der Waals surface area contributed by atoms with E-state index in [2.05, 4.69) is 10.6 Å². The fourth-order valence-electron chi connectivity index (χ4n) is 6.96. The van der Waals surface area contributed by atoms with E-state index in [1.807, 2.05) is 55.5 Å². The lowest BCUT2D eigenvalue weighted by Gasteiger charge is -2.38. The Hall–Kier alpha value is -3.61. The number of nitrogens with zero attached hydrogens (tertiary/aromatic N) is 2. The van der Waals surface area contributed by atoms with Gasteiger partial charge in [0, 0.05) is 39.9 Å². The van der Waals surface area contributed by atoms with E-state index >= 15 is 0 Å². The smallest absolute Gasteiger partial charge is 0.245 e. The normalized spacial score (nSPS) is 25.4. The number of carbonyl (C=O) groups is 4. The zero-order valence-electron chi connectivity index (χ0n) is 28.6. The SMILES string of the molecule is Cc1ccc2cc1CN(C)C(=O)[C@H](CCc1ccccc1)NC(=O)[C@@H](NC(=O)C1(CO)CCOCC1)C(S)C(=O)N1CCCC(CCO2)C1. The van der Waals surface area contributed by atoms with E-state index in [1.54, 1.807) is 16.8 Å². The fourth-order valence-corrected chi connectivity index (χ4v) is 7.33. The largest absolute Gasteiger partial charge is 0.494 e. The third-order valence-electron chi connectivity index (χ3n) is 10.3. The van der Waals surface area contributed by atoms with E-state index in [-0.39, 0.29) is 43.8 Å². The first-order chi connectivity index (χ1) is 23.6. The summed E-state index contributed by atoms with van der Waals surface area (Å²) in [6, 6.07) is 13.2. The predicted octanol–water partition coefficient (Wildman–Crippen LogP) is 2.66. The van der Waals surface area contributed by atoms with Gasteiger partial charge in [0.2, 0.25) is 23.6 Å². The molecule has 2 saturated heterocycles. The van der Waals surface area contributed by atoms with Gasteiger partial charge in [-0.1, -0.05) is 36.4 Å². The summed E-state index contributed by atoms with van der Waals surface area (Å²) < 4.78 is 11.6. The number of fused-ring (bicyclic) bond motifs is 4. The molecule has 4 amide bonds. The maximum Gasteiger partial charge on any atom is 0.245 e. The number of aliphatic hydroxyl groups is 1. The average Bonchev–Trinajstić information content (AvgIpc) is 3.12. The molecule has 0 aromatic heterocycles. The van der Waals surface area contributed by atoms with Crippen molar-refractivity contribution in [2.75, 3.05) is 46.6 Å². The second-order valence-electron chi connectivity index (χ2n) is 13.7. The highest BCUT2D eigenvalue weighted by molar-refractivity contribution is 7.82. The van der Waals surface area contributed by atoms with Crippen molar-refractivity contribution in [1.82, 2.24) is 20.4 Å². The van der Waals surface area contributed by atoms with E-state index < -0.39 is 41.2 Å². The lowest BCUT2D eigenvalue weighted by atomic mass is 9.80. The molecule has 5 rings (SSSR count). The van der Waals surface area contributed by atoms with Gasteiger partial charge in [0.15, 0.2) is 0 Å². The van der Waals surface area contributed by atoms with Crippen LogP contribution in [0.3, 0.4) is 0 Å². The third kappa shape index (κ3) is 9.15. The number of aliphatic hydroxyl groups excluding tert-OH is 1. The second-order valence-corrected chi connectivity index (χ2v) is 14.3. The fraction of sp³-hybridized carbons (Fsp3) is 0.568. The Morgan fingerprint density at radius 3 is 2.55 bits per heavy atom. The summed E-state index contributed by atoms with van der Waals surface area (Å²) in [5, 5.41) is 14.8. The van der Waals surface area contributed by atoms with Gasteiger partial charge in [-0.25, -0.2) is 0 Å². The van der Waals surface area contributed by atoms with Crippen molar-refractivity contribution in [1.29, 1.82) is 0 Å². The Bertz CT molecular complexity index is 1470. The first-order valence-electron chi connectivity index (χ1n) is 17.4. The average molecular weight is 695 g/mol. The lowest BCUT2D eigenvalue weighted by molar-refractivity contribution is -0.144. The van der Waals surface area contributed by atoms with Gasteiger partial charge >= 0.3 is 0 Å². The molecule has 2 unspecified atom stereocenters. The Labute approximate surface area is 294 Å². The van der Waals surface area contributed by atoms with Gasteiger partial charge in [-0.2, -0.15) is 12.6 Å². The molecule has 12 heteroatoms. The third-order valence-corrected chi connectivity index (χ3v) is 10.8. The molecule has 3 heterocycles. The van der Waals surface area contributed by atoms with Gasteiger partial charge in [0.05, 0.1) is 18.6 Å². The highest BCUT2D eigenvalue weighted by atomic mass is 32.1. The number of thiol groups is 1. The van der Waals surface area contributed by atoms with Crippen LogP contribution in [0.15, 0.2) is 48.5 Å². The molecule has 266 valence electrons. The van der Waals surface area contributed by atoms with Crippen molar-refractivity contribution in [3.63, 3.8) is 0 Å². The summed E-state index contributed by atoms with van der Waals surface area (Å²) in [4.78, 5) is 59.6. The molecule has 49 heavy (non-hydrogen) atoms. The molecule has 4 atom stereocenters. The van der Waals surface area contributed by atoms with Gasteiger partial charge in [0.1, 0.15) is 23.1 Å². The molecule has 0 spiro atoms. The number of amides is 4. The van der Waals surface area contributed by atoms with Gasteiger partial charge in [-0.3, -0.25) is 19.2 Å². The van der Waals surface area contributed by atoms with Crippen molar-refractivity contribution >= 4 is 36.3 Å². The van der Waals surface area contributed by atoms with E-state index in [0.717, 1.165) is 41.7 Å². The number of hydrogen-bond acceptors (Lipinski definition) is 8.